The van der Waals surface area contributed by atoms with Crippen LogP contribution in [0.1, 0.15) is 11.1 Å². The third-order valence-electron chi connectivity index (χ3n) is 4.73. The molecule has 0 aliphatic rings. The maximum Gasteiger partial charge on any atom is 0.414 e. The van der Waals surface area contributed by atoms with Gasteiger partial charge in [0.2, 0.25) is 0 Å². The van der Waals surface area contributed by atoms with Crippen molar-refractivity contribution in [1.29, 1.82) is 0 Å². The van der Waals surface area contributed by atoms with Gasteiger partial charge in [0.1, 0.15) is 23.9 Å². The maximum absolute atomic E-state index is 11.9. The minimum absolute atomic E-state index is 0.169. The molecule has 0 unspecified atom stereocenters. The van der Waals surface area contributed by atoms with Crippen LogP contribution >= 0.6 is 0 Å². The molecule has 0 saturated carbocycles. The van der Waals surface area contributed by atoms with Crippen LogP contribution in [0.2, 0.25) is 0 Å². The molecule has 1 heterocycles. The Morgan fingerprint density at radius 3 is 2.47 bits per heavy atom. The molecule has 9 nitrogen and oxygen atoms in total. The van der Waals surface area contributed by atoms with E-state index in [0.717, 1.165) is 5.56 Å². The first-order valence-electron chi connectivity index (χ1n) is 9.85. The van der Waals surface area contributed by atoms with Crippen LogP contribution in [-0.4, -0.2) is 57.3 Å². The van der Waals surface area contributed by atoms with E-state index >= 15 is 0 Å². The van der Waals surface area contributed by atoms with Gasteiger partial charge in [-0.15, -0.1) is 0 Å². The van der Waals surface area contributed by atoms with Gasteiger partial charge in [0, 0.05) is 32.3 Å². The maximum atomic E-state index is 11.9. The van der Waals surface area contributed by atoms with Gasteiger partial charge in [-0.1, -0.05) is 36.4 Å². The van der Waals surface area contributed by atoms with E-state index in [1.807, 2.05) is 18.2 Å². The highest BCUT2D eigenvalue weighted by molar-refractivity contribution is 5.82. The Morgan fingerprint density at radius 1 is 1.09 bits per heavy atom. The number of anilines is 1. The van der Waals surface area contributed by atoms with Crippen LogP contribution in [0.4, 0.5) is 10.6 Å². The number of aliphatic hydroxyl groups is 1. The highest BCUT2D eigenvalue weighted by atomic mass is 16.6. The topological polar surface area (TPSA) is 125 Å². The minimum Gasteiger partial charge on any atom is -0.480 e. The molecule has 1 aromatic heterocycles. The van der Waals surface area contributed by atoms with Crippen molar-refractivity contribution < 1.29 is 24.5 Å². The van der Waals surface area contributed by atoms with Crippen LogP contribution in [0.3, 0.4) is 0 Å². The molecule has 0 spiro atoms. The zero-order chi connectivity index (χ0) is 23.1. The van der Waals surface area contributed by atoms with Gasteiger partial charge in [0.15, 0.2) is 0 Å². The summed E-state index contributed by atoms with van der Waals surface area (Å²) in [5.41, 5.74) is 2.73. The Morgan fingerprint density at radius 2 is 1.81 bits per heavy atom. The van der Waals surface area contributed by atoms with Crippen molar-refractivity contribution in [3.05, 3.63) is 72.2 Å². The summed E-state index contributed by atoms with van der Waals surface area (Å²) < 4.78 is 5.18. The summed E-state index contributed by atoms with van der Waals surface area (Å²) in [7, 11) is 3.17. The number of aromatic nitrogens is 2. The quantitative estimate of drug-likeness (QED) is 0.492. The number of amides is 1. The van der Waals surface area contributed by atoms with E-state index < -0.39 is 18.1 Å². The molecule has 3 N–H and O–H groups in total. The van der Waals surface area contributed by atoms with Crippen LogP contribution in [-0.2, 0) is 17.8 Å². The molecule has 1 atom stereocenters. The molecule has 0 radical (unpaired) electrons. The average molecular weight is 436 g/mol. The van der Waals surface area contributed by atoms with Crippen molar-refractivity contribution in [3.8, 4) is 16.9 Å². The predicted octanol–water partition coefficient (Wildman–Crippen LogP) is 2.80. The molecule has 0 aliphatic heterocycles. The number of nitrogens with zero attached hydrogens (tertiary/aromatic N) is 3. The lowest BCUT2D eigenvalue weighted by Crippen LogP contribution is -2.32. The second-order valence-corrected chi connectivity index (χ2v) is 7.25. The monoisotopic (exact) mass is 436 g/mol. The van der Waals surface area contributed by atoms with Crippen LogP contribution in [0.15, 0.2) is 61.1 Å². The number of ether oxygens (including phenoxy) is 1. The second-order valence-electron chi connectivity index (χ2n) is 7.25. The first kappa shape index (κ1) is 22.7. The van der Waals surface area contributed by atoms with Crippen LogP contribution in [0, 0.1) is 0 Å². The van der Waals surface area contributed by atoms with Gasteiger partial charge in [-0.05, 0) is 28.8 Å². The van der Waals surface area contributed by atoms with E-state index in [1.165, 1.54) is 11.2 Å². The van der Waals surface area contributed by atoms with E-state index in [1.54, 1.807) is 50.6 Å². The van der Waals surface area contributed by atoms with Gasteiger partial charge in [-0.2, -0.15) is 0 Å². The zero-order valence-electron chi connectivity index (χ0n) is 17.7. The third kappa shape index (κ3) is 5.58. The number of carboxylic acids is 1. The standard InChI is InChI=1S/C23H24N4O5/c1-27(2)23(31)32-17-9-7-15(8-10-17)11-20(22(29)30)26-21-19(12-24-14-25-21)18-6-4-3-5-16(18)13-28/h3-10,12,14,20,28H,11,13H2,1-2H3,(H,29,30)(H,24,25,26)/t20-/m0/s1. The number of hydrogen-bond acceptors (Lipinski definition) is 7. The summed E-state index contributed by atoms with van der Waals surface area (Å²) in [5, 5.41) is 22.4. The molecule has 0 bridgehead atoms. The van der Waals surface area contributed by atoms with Gasteiger partial charge >= 0.3 is 12.1 Å². The number of aliphatic hydroxyl groups excluding tert-OH is 1. The molecule has 3 aromatic rings. The molecule has 3 rings (SSSR count). The molecular formula is C23H24N4O5. The van der Waals surface area contributed by atoms with E-state index in [0.29, 0.717) is 28.3 Å². The van der Waals surface area contributed by atoms with Crippen molar-refractivity contribution >= 4 is 17.9 Å². The summed E-state index contributed by atoms with van der Waals surface area (Å²) in [5.74, 6) is -0.330. The zero-order valence-corrected chi connectivity index (χ0v) is 17.7. The number of carbonyl (C=O) groups is 2. The molecule has 1 amide bonds. The van der Waals surface area contributed by atoms with Gasteiger partial charge < -0.3 is 25.2 Å². The number of carbonyl (C=O) groups excluding carboxylic acids is 1. The summed E-state index contributed by atoms with van der Waals surface area (Å²) in [6.45, 7) is -0.169. The number of hydrogen-bond donors (Lipinski definition) is 3. The largest absolute Gasteiger partial charge is 0.480 e. The normalized spacial score (nSPS) is 11.5. The first-order chi connectivity index (χ1) is 15.4. The van der Waals surface area contributed by atoms with Crippen molar-refractivity contribution in [2.24, 2.45) is 0 Å². The Hall–Kier alpha value is -3.98. The molecule has 2 aromatic carbocycles. The lowest BCUT2D eigenvalue weighted by Gasteiger charge is -2.18. The van der Waals surface area contributed by atoms with Crippen molar-refractivity contribution in [1.82, 2.24) is 14.9 Å². The van der Waals surface area contributed by atoms with E-state index in [9.17, 15) is 19.8 Å². The fourth-order valence-corrected chi connectivity index (χ4v) is 3.05. The molecule has 0 fully saturated rings. The summed E-state index contributed by atoms with van der Waals surface area (Å²) in [6, 6.07) is 12.9. The predicted molar refractivity (Wildman–Crippen MR) is 118 cm³/mol. The Balaban J connectivity index is 1.80. The van der Waals surface area contributed by atoms with Gasteiger partial charge in [-0.3, -0.25) is 0 Å². The lowest BCUT2D eigenvalue weighted by molar-refractivity contribution is -0.137. The van der Waals surface area contributed by atoms with E-state index in [-0.39, 0.29) is 13.0 Å². The molecular weight excluding hydrogens is 412 g/mol. The van der Waals surface area contributed by atoms with Crippen LogP contribution in [0.25, 0.3) is 11.1 Å². The van der Waals surface area contributed by atoms with Gasteiger partial charge in [0.25, 0.3) is 0 Å². The fraction of sp³-hybridized carbons (Fsp3) is 0.217. The summed E-state index contributed by atoms with van der Waals surface area (Å²) in [4.78, 5) is 33.2. The first-order valence-corrected chi connectivity index (χ1v) is 9.85. The fourth-order valence-electron chi connectivity index (χ4n) is 3.05. The van der Waals surface area contributed by atoms with E-state index in [4.69, 9.17) is 4.74 Å². The number of nitrogens with one attached hydrogen (secondary N) is 1. The van der Waals surface area contributed by atoms with Crippen molar-refractivity contribution in [3.63, 3.8) is 0 Å². The lowest BCUT2D eigenvalue weighted by atomic mass is 10.0. The second kappa shape index (κ2) is 10.4. The third-order valence-corrected chi connectivity index (χ3v) is 4.73. The Kier molecular flexibility index (Phi) is 7.35. The molecule has 166 valence electrons. The molecule has 0 aliphatic carbocycles. The average Bonchev–Trinajstić information content (AvgIpc) is 2.80. The summed E-state index contributed by atoms with van der Waals surface area (Å²) in [6.07, 6.45) is 2.58. The number of carboxylic acid groups (broad SMARTS) is 1. The van der Waals surface area contributed by atoms with Gasteiger partial charge in [-0.25, -0.2) is 19.6 Å². The number of aliphatic carboxylic acids is 1. The molecule has 9 heteroatoms. The Bertz CT molecular complexity index is 1090. The Labute approximate surface area is 185 Å². The highest BCUT2D eigenvalue weighted by Gasteiger charge is 2.21. The number of benzene rings is 2. The number of rotatable bonds is 8. The van der Waals surface area contributed by atoms with E-state index in [2.05, 4.69) is 15.3 Å². The molecule has 32 heavy (non-hydrogen) atoms. The van der Waals surface area contributed by atoms with Crippen LogP contribution in [0.5, 0.6) is 5.75 Å². The SMILES string of the molecule is CN(C)C(=O)Oc1ccc(C[C@H](Nc2ncncc2-c2ccccc2CO)C(=O)O)cc1. The smallest absolute Gasteiger partial charge is 0.414 e. The summed E-state index contributed by atoms with van der Waals surface area (Å²) >= 11 is 0. The van der Waals surface area contributed by atoms with Crippen molar-refractivity contribution in [2.75, 3.05) is 19.4 Å². The minimum atomic E-state index is -1.05. The molecule has 0 saturated heterocycles. The highest BCUT2D eigenvalue weighted by Crippen LogP contribution is 2.29. The van der Waals surface area contributed by atoms with Gasteiger partial charge in [0.05, 0.1) is 6.61 Å². The van der Waals surface area contributed by atoms with Crippen molar-refractivity contribution in [2.45, 2.75) is 19.1 Å². The van der Waals surface area contributed by atoms with Crippen LogP contribution < -0.4 is 10.1 Å².